The molecule has 2 saturated heterocycles. The maximum Gasteiger partial charge on any atom is 0.202 e. The summed E-state index contributed by atoms with van der Waals surface area (Å²) in [5, 5.41) is 64.6. The summed E-state index contributed by atoms with van der Waals surface area (Å²) in [4.78, 5) is 28.5. The number of Topliss-reactive ketones (excluding diaryl/α,β-unsaturated/α-hetero) is 1. The predicted molar refractivity (Wildman–Crippen MR) is 192 cm³/mol. The highest BCUT2D eigenvalue weighted by Gasteiger charge is 2.75. The summed E-state index contributed by atoms with van der Waals surface area (Å²) in [5.74, 6) is -0.149. The van der Waals surface area contributed by atoms with Crippen LogP contribution in [-0.2, 0) is 33.3 Å². The minimum Gasteiger partial charge on any atom is -0.483 e. The van der Waals surface area contributed by atoms with Crippen LogP contribution in [0.4, 0.5) is 0 Å². The van der Waals surface area contributed by atoms with Crippen molar-refractivity contribution in [3.63, 3.8) is 0 Å². The number of rotatable bonds is 6. The van der Waals surface area contributed by atoms with Gasteiger partial charge in [-0.25, -0.2) is 0 Å². The van der Waals surface area contributed by atoms with Gasteiger partial charge >= 0.3 is 0 Å². The SMILES string of the molecule is CC(C)C1=CC(=O)[C@](C)([C@H]2[C@H](O)C[C@@]3(C)[C@@H]4CC=C5[C@@H](CC[C@@H](O[C@@H]6OC[C@H](O)[C@@H](O)[C@H]6O[C@@H]6O[C@@H](C)[C@H](O)[C@H](O)[C@@H]6O)C5(C)C)[C@]4(C)C(=O)C[C@]23C)O1. The summed E-state index contributed by atoms with van der Waals surface area (Å²) in [7, 11) is 0. The molecular formula is C41H62O13. The Balaban J connectivity index is 1.14. The average Bonchev–Trinajstić information content (AvgIpc) is 3.51. The van der Waals surface area contributed by atoms with Gasteiger partial charge in [-0.2, -0.15) is 0 Å². The summed E-state index contributed by atoms with van der Waals surface area (Å²) in [5.41, 5.74) is -2.67. The first-order valence-corrected chi connectivity index (χ1v) is 19.9. The third-order valence-corrected chi connectivity index (χ3v) is 15.7. The Labute approximate surface area is 318 Å². The Bertz CT molecular complexity index is 1570. The summed E-state index contributed by atoms with van der Waals surface area (Å²) in [6, 6.07) is 0. The lowest BCUT2D eigenvalue weighted by molar-refractivity contribution is -0.360. The van der Waals surface area contributed by atoms with Crippen molar-refractivity contribution in [2.75, 3.05) is 6.61 Å². The fourth-order valence-corrected chi connectivity index (χ4v) is 12.3. The third kappa shape index (κ3) is 5.61. The number of carbonyl (C=O) groups is 2. The summed E-state index contributed by atoms with van der Waals surface area (Å²) >= 11 is 0. The van der Waals surface area contributed by atoms with Gasteiger partial charge in [0.15, 0.2) is 18.2 Å². The molecule has 7 rings (SSSR count). The highest BCUT2D eigenvalue weighted by molar-refractivity contribution is 6.00. The zero-order chi connectivity index (χ0) is 39.7. The van der Waals surface area contributed by atoms with E-state index in [1.165, 1.54) is 6.92 Å². The van der Waals surface area contributed by atoms with Crippen LogP contribution in [0.15, 0.2) is 23.5 Å². The molecule has 0 aromatic rings. The molecule has 0 radical (unpaired) electrons. The van der Waals surface area contributed by atoms with E-state index in [0.717, 1.165) is 5.57 Å². The van der Waals surface area contributed by atoms with Gasteiger partial charge in [-0.3, -0.25) is 9.59 Å². The molecule has 0 spiro atoms. The number of ketones is 2. The van der Waals surface area contributed by atoms with Crippen molar-refractivity contribution < 1.29 is 63.9 Å². The minimum absolute atomic E-state index is 0.0144. The maximum absolute atomic E-state index is 14.9. The molecule has 13 nitrogen and oxygen atoms in total. The molecular weight excluding hydrogens is 700 g/mol. The van der Waals surface area contributed by atoms with Crippen LogP contribution in [0, 0.1) is 45.3 Å². The monoisotopic (exact) mass is 762 g/mol. The lowest BCUT2D eigenvalue weighted by Gasteiger charge is -2.65. The molecule has 0 unspecified atom stereocenters. The van der Waals surface area contributed by atoms with Gasteiger partial charge in [-0.1, -0.05) is 60.1 Å². The number of aliphatic hydroxyl groups is 6. The standard InChI is InChI=1S/C41H62O13/c1-18(2)24-14-26(44)41(9,54-24)34-22(42)15-38(6)25-12-10-20-21(40(25,8)27(45)16-39(34,38)7)11-13-28(37(20,4)5)52-36-33(30(47)23(43)17-50-36)53-35-32(49)31(48)29(46)19(3)51-35/h10,14,18-19,21-23,25,28-36,42-43,46-49H,11-13,15-17H2,1-9H3/t19-,21+,22+,23-,25-,28+,29-,30+,31-,32-,33+,34-,35-,36-,38-,39+,40-,41+/m0/s1. The second-order valence-electron chi connectivity index (χ2n) is 19.2. The number of hydrogen-bond donors (Lipinski definition) is 6. The first-order valence-electron chi connectivity index (χ1n) is 19.9. The number of allylic oxidation sites excluding steroid dienone is 2. The molecule has 54 heavy (non-hydrogen) atoms. The Morgan fingerprint density at radius 3 is 2.17 bits per heavy atom. The summed E-state index contributed by atoms with van der Waals surface area (Å²) < 4.78 is 30.6. The van der Waals surface area contributed by atoms with Crippen LogP contribution in [-0.4, -0.2) is 122 Å². The van der Waals surface area contributed by atoms with E-state index in [0.29, 0.717) is 31.4 Å². The van der Waals surface area contributed by atoms with Crippen molar-refractivity contribution in [3.05, 3.63) is 23.5 Å². The number of carbonyl (C=O) groups excluding carboxylic acids is 2. The maximum atomic E-state index is 14.9. The number of hydrogen-bond acceptors (Lipinski definition) is 13. The van der Waals surface area contributed by atoms with Crippen LogP contribution in [0.2, 0.25) is 0 Å². The quantitative estimate of drug-likeness (QED) is 0.216. The Kier molecular flexibility index (Phi) is 10.0. The molecule has 0 aromatic carbocycles. The highest BCUT2D eigenvalue weighted by Crippen LogP contribution is 2.74. The molecule has 3 aliphatic heterocycles. The molecule has 0 aromatic heterocycles. The zero-order valence-corrected chi connectivity index (χ0v) is 33.1. The van der Waals surface area contributed by atoms with E-state index >= 15 is 0 Å². The van der Waals surface area contributed by atoms with Crippen molar-refractivity contribution in [1.29, 1.82) is 0 Å². The molecule has 3 heterocycles. The second-order valence-corrected chi connectivity index (χ2v) is 19.2. The fourth-order valence-electron chi connectivity index (χ4n) is 12.3. The average molecular weight is 763 g/mol. The molecule has 5 fully saturated rings. The summed E-state index contributed by atoms with van der Waals surface area (Å²) in [6.07, 6.45) is -7.09. The fraction of sp³-hybridized carbons (Fsp3) is 0.854. The molecule has 3 saturated carbocycles. The zero-order valence-electron chi connectivity index (χ0n) is 33.1. The molecule has 4 aliphatic carbocycles. The van der Waals surface area contributed by atoms with E-state index in [2.05, 4.69) is 40.7 Å². The van der Waals surface area contributed by atoms with Crippen molar-refractivity contribution in [1.82, 2.24) is 0 Å². The first-order chi connectivity index (χ1) is 25.0. The third-order valence-electron chi connectivity index (χ3n) is 15.7. The first kappa shape index (κ1) is 40.4. The van der Waals surface area contributed by atoms with E-state index < -0.39 is 101 Å². The van der Waals surface area contributed by atoms with Crippen LogP contribution in [0.1, 0.15) is 94.4 Å². The largest absolute Gasteiger partial charge is 0.483 e. The number of aliphatic hydroxyl groups excluding tert-OH is 6. The molecule has 0 amide bonds. The lowest BCUT2D eigenvalue weighted by atomic mass is 9.38. The van der Waals surface area contributed by atoms with Gasteiger partial charge in [0.25, 0.3) is 0 Å². The van der Waals surface area contributed by atoms with Crippen molar-refractivity contribution in [3.8, 4) is 0 Å². The smallest absolute Gasteiger partial charge is 0.202 e. The van der Waals surface area contributed by atoms with E-state index in [4.69, 9.17) is 23.7 Å². The summed E-state index contributed by atoms with van der Waals surface area (Å²) in [6.45, 7) is 17.6. The molecule has 0 bridgehead atoms. The Morgan fingerprint density at radius 1 is 0.833 bits per heavy atom. The van der Waals surface area contributed by atoms with Crippen molar-refractivity contribution >= 4 is 11.6 Å². The van der Waals surface area contributed by atoms with Gasteiger partial charge < -0.3 is 54.3 Å². The van der Waals surface area contributed by atoms with Gasteiger partial charge in [0, 0.05) is 35.2 Å². The van der Waals surface area contributed by atoms with Crippen LogP contribution in [0.3, 0.4) is 0 Å². The van der Waals surface area contributed by atoms with E-state index in [9.17, 15) is 40.2 Å². The van der Waals surface area contributed by atoms with Crippen LogP contribution >= 0.6 is 0 Å². The van der Waals surface area contributed by atoms with Crippen LogP contribution < -0.4 is 0 Å². The normalized spacial score (nSPS) is 53.0. The Hall–Kier alpha value is -1.78. The predicted octanol–water partition coefficient (Wildman–Crippen LogP) is 2.32. The van der Waals surface area contributed by atoms with E-state index in [1.54, 1.807) is 13.0 Å². The van der Waals surface area contributed by atoms with Crippen LogP contribution in [0.5, 0.6) is 0 Å². The topological polar surface area (TPSA) is 202 Å². The minimum atomic E-state index is -1.63. The van der Waals surface area contributed by atoms with Crippen molar-refractivity contribution in [2.45, 2.75) is 168 Å². The molecule has 13 heteroatoms. The van der Waals surface area contributed by atoms with E-state index in [-0.39, 0.29) is 42.3 Å². The molecule has 6 N–H and O–H groups in total. The lowest BCUT2D eigenvalue weighted by Crippen LogP contribution is -2.65. The van der Waals surface area contributed by atoms with Gasteiger partial charge in [0.05, 0.1) is 24.9 Å². The van der Waals surface area contributed by atoms with Gasteiger partial charge in [0.1, 0.15) is 48.2 Å². The number of ether oxygens (including phenoxy) is 5. The molecule has 304 valence electrons. The number of fused-ring (bicyclic) bond motifs is 5. The molecule has 18 atom stereocenters. The van der Waals surface area contributed by atoms with Crippen molar-refractivity contribution in [2.24, 2.45) is 45.3 Å². The van der Waals surface area contributed by atoms with Crippen LogP contribution in [0.25, 0.3) is 0 Å². The second kappa shape index (κ2) is 13.4. The van der Waals surface area contributed by atoms with Gasteiger partial charge in [-0.05, 0) is 62.2 Å². The van der Waals surface area contributed by atoms with Gasteiger partial charge in [0.2, 0.25) is 5.78 Å². The molecule has 7 aliphatic rings. The van der Waals surface area contributed by atoms with Gasteiger partial charge in [-0.15, -0.1) is 0 Å². The Morgan fingerprint density at radius 2 is 1.52 bits per heavy atom. The van der Waals surface area contributed by atoms with E-state index in [1.807, 2.05) is 13.8 Å². The highest BCUT2D eigenvalue weighted by atomic mass is 16.8.